The van der Waals surface area contributed by atoms with E-state index in [0.29, 0.717) is 29.2 Å². The van der Waals surface area contributed by atoms with E-state index in [1.165, 1.54) is 10.5 Å². The minimum absolute atomic E-state index is 0.000111. The molecule has 2 aromatic rings. The summed E-state index contributed by atoms with van der Waals surface area (Å²) in [5.74, 6) is 0.485. The fraction of sp³-hybridized carbons (Fsp3) is 0.500. The van der Waals surface area contributed by atoms with E-state index in [9.17, 15) is 9.59 Å². The number of carbonyl (C=O) groups excluding carboxylic acids is 2. The molecule has 4 rings (SSSR count). The van der Waals surface area contributed by atoms with Crippen molar-refractivity contribution in [3.8, 4) is 0 Å². The van der Waals surface area contributed by atoms with E-state index in [-0.39, 0.29) is 17.9 Å². The third-order valence-corrected chi connectivity index (χ3v) is 6.16. The summed E-state index contributed by atoms with van der Waals surface area (Å²) in [6.45, 7) is 6.80. The first-order valence-electron chi connectivity index (χ1n) is 11.2. The van der Waals surface area contributed by atoms with Crippen LogP contribution in [0.25, 0.3) is 0 Å². The van der Waals surface area contributed by atoms with Gasteiger partial charge in [-0.25, -0.2) is 9.97 Å². The molecule has 1 aromatic carbocycles. The van der Waals surface area contributed by atoms with Gasteiger partial charge in [0.1, 0.15) is 0 Å². The zero-order valence-corrected chi connectivity index (χ0v) is 19.1. The van der Waals surface area contributed by atoms with Gasteiger partial charge in [-0.05, 0) is 37.5 Å². The van der Waals surface area contributed by atoms with Crippen LogP contribution in [0.5, 0.6) is 0 Å². The van der Waals surface area contributed by atoms with Gasteiger partial charge in [0.05, 0.1) is 30.5 Å². The molecule has 0 saturated carbocycles. The normalized spacial score (nSPS) is 19.2. The number of nitrogens with zero attached hydrogens (tertiary/aromatic N) is 5. The molecule has 0 spiro atoms. The maximum Gasteiger partial charge on any atom is 0.256 e. The maximum absolute atomic E-state index is 13.3. The number of hydrogen-bond donors (Lipinski definition) is 0. The molecule has 2 fully saturated rings. The van der Waals surface area contributed by atoms with Gasteiger partial charge in [-0.1, -0.05) is 12.1 Å². The molecule has 1 atom stereocenters. The minimum Gasteiger partial charge on any atom is -0.379 e. The van der Waals surface area contributed by atoms with Crippen LogP contribution in [0.4, 0.5) is 0 Å². The Hall–Kier alpha value is -2.84. The number of rotatable bonds is 5. The number of likely N-dealkylation sites (tertiary alicyclic amines) is 1. The molecule has 32 heavy (non-hydrogen) atoms. The minimum atomic E-state index is -0.169. The Morgan fingerprint density at radius 3 is 2.50 bits per heavy atom. The van der Waals surface area contributed by atoms with Crippen LogP contribution >= 0.6 is 0 Å². The van der Waals surface area contributed by atoms with Gasteiger partial charge >= 0.3 is 0 Å². The van der Waals surface area contributed by atoms with Gasteiger partial charge in [-0.3, -0.25) is 14.5 Å². The molecule has 3 heterocycles. The molecular formula is C24H31N5O3. The summed E-state index contributed by atoms with van der Waals surface area (Å²) < 4.78 is 5.41. The van der Waals surface area contributed by atoms with Gasteiger partial charge in [-0.15, -0.1) is 0 Å². The summed E-state index contributed by atoms with van der Waals surface area (Å²) in [6.07, 6.45) is 3.31. The van der Waals surface area contributed by atoms with Crippen LogP contribution in [0, 0.1) is 6.92 Å². The number of ether oxygens (including phenoxy) is 1. The zero-order chi connectivity index (χ0) is 22.7. The van der Waals surface area contributed by atoms with Crippen LogP contribution in [0.2, 0.25) is 0 Å². The van der Waals surface area contributed by atoms with Crippen molar-refractivity contribution in [1.29, 1.82) is 0 Å². The molecule has 8 nitrogen and oxygen atoms in total. The molecule has 0 unspecified atom stereocenters. The van der Waals surface area contributed by atoms with Gasteiger partial charge in [0.15, 0.2) is 5.82 Å². The molecule has 0 N–H and O–H groups in total. The zero-order valence-electron chi connectivity index (χ0n) is 19.1. The number of aryl methyl sites for hydroxylation is 1. The first-order chi connectivity index (χ1) is 15.4. The Morgan fingerprint density at radius 1 is 1.12 bits per heavy atom. The summed E-state index contributed by atoms with van der Waals surface area (Å²) in [5.41, 5.74) is 3.01. The molecule has 0 bridgehead atoms. The highest BCUT2D eigenvalue weighted by molar-refractivity contribution is 5.95. The maximum atomic E-state index is 13.3. The molecule has 2 saturated heterocycles. The highest BCUT2D eigenvalue weighted by atomic mass is 16.5. The number of carbonyl (C=O) groups is 2. The summed E-state index contributed by atoms with van der Waals surface area (Å²) >= 11 is 0. The average Bonchev–Trinajstić information content (AvgIpc) is 3.29. The summed E-state index contributed by atoms with van der Waals surface area (Å²) in [5, 5.41) is 0. The second-order valence-electron chi connectivity index (χ2n) is 8.67. The molecule has 1 aromatic heterocycles. The van der Waals surface area contributed by atoms with Crippen LogP contribution in [-0.2, 0) is 11.3 Å². The second-order valence-corrected chi connectivity index (χ2v) is 8.67. The summed E-state index contributed by atoms with van der Waals surface area (Å²) in [7, 11) is 3.42. The van der Waals surface area contributed by atoms with E-state index >= 15 is 0 Å². The van der Waals surface area contributed by atoms with Gasteiger partial charge in [0.2, 0.25) is 0 Å². The SMILES string of the molecule is Cc1nc([C@@H]2CCCN2C(=O)c2ccc(CN3CCOCC3)cc2)ncc1C(=O)N(C)C. The van der Waals surface area contributed by atoms with E-state index in [1.54, 1.807) is 20.3 Å². The Labute approximate surface area is 189 Å². The van der Waals surface area contributed by atoms with Crippen LogP contribution in [0.3, 0.4) is 0 Å². The van der Waals surface area contributed by atoms with E-state index in [1.807, 2.05) is 36.1 Å². The Morgan fingerprint density at radius 2 is 1.84 bits per heavy atom. The second kappa shape index (κ2) is 9.75. The van der Waals surface area contributed by atoms with Crippen molar-refractivity contribution in [2.45, 2.75) is 32.4 Å². The quantitative estimate of drug-likeness (QED) is 0.714. The molecule has 0 aliphatic carbocycles. The lowest BCUT2D eigenvalue weighted by molar-refractivity contribution is 0.0342. The van der Waals surface area contributed by atoms with Gasteiger partial charge in [-0.2, -0.15) is 0 Å². The van der Waals surface area contributed by atoms with Crippen molar-refractivity contribution in [2.24, 2.45) is 0 Å². The van der Waals surface area contributed by atoms with Crippen LogP contribution in [-0.4, -0.2) is 83.4 Å². The van der Waals surface area contributed by atoms with E-state index in [4.69, 9.17) is 4.74 Å². The first kappa shape index (κ1) is 22.4. The molecule has 2 aliphatic heterocycles. The highest BCUT2D eigenvalue weighted by Gasteiger charge is 2.33. The van der Waals surface area contributed by atoms with Crippen LogP contribution < -0.4 is 0 Å². The van der Waals surface area contributed by atoms with Crippen molar-refractivity contribution in [3.63, 3.8) is 0 Å². The summed E-state index contributed by atoms with van der Waals surface area (Å²) in [6, 6.07) is 7.74. The number of morpholine rings is 1. The summed E-state index contributed by atoms with van der Waals surface area (Å²) in [4.78, 5) is 40.3. The van der Waals surface area contributed by atoms with Crippen molar-refractivity contribution < 1.29 is 14.3 Å². The molecule has 0 radical (unpaired) electrons. The highest BCUT2D eigenvalue weighted by Crippen LogP contribution is 2.31. The van der Waals surface area contributed by atoms with Crippen molar-refractivity contribution in [2.75, 3.05) is 46.9 Å². The van der Waals surface area contributed by atoms with Gasteiger partial charge in [0, 0.05) is 52.0 Å². The third-order valence-electron chi connectivity index (χ3n) is 6.16. The molecule has 8 heteroatoms. The molecular weight excluding hydrogens is 406 g/mol. The smallest absolute Gasteiger partial charge is 0.256 e. The Kier molecular flexibility index (Phi) is 6.81. The van der Waals surface area contributed by atoms with Crippen molar-refractivity contribution in [1.82, 2.24) is 24.7 Å². The lowest BCUT2D eigenvalue weighted by atomic mass is 10.1. The third kappa shape index (κ3) is 4.81. The van der Waals surface area contributed by atoms with E-state index < -0.39 is 0 Å². The molecule has 170 valence electrons. The molecule has 2 amide bonds. The predicted octanol–water partition coefficient (Wildman–Crippen LogP) is 2.30. The lowest BCUT2D eigenvalue weighted by Gasteiger charge is -2.27. The predicted molar refractivity (Wildman–Crippen MR) is 120 cm³/mol. The number of benzene rings is 1. The van der Waals surface area contributed by atoms with Gasteiger partial charge in [0.25, 0.3) is 11.8 Å². The Balaban J connectivity index is 1.46. The van der Waals surface area contributed by atoms with Crippen molar-refractivity contribution >= 4 is 11.8 Å². The number of amides is 2. The van der Waals surface area contributed by atoms with E-state index in [2.05, 4.69) is 14.9 Å². The Bertz CT molecular complexity index is 970. The lowest BCUT2D eigenvalue weighted by Crippen LogP contribution is -2.35. The number of hydrogen-bond acceptors (Lipinski definition) is 6. The first-order valence-corrected chi connectivity index (χ1v) is 11.2. The van der Waals surface area contributed by atoms with Crippen molar-refractivity contribution in [3.05, 3.63) is 58.7 Å². The fourth-order valence-electron chi connectivity index (χ4n) is 4.31. The molecule has 2 aliphatic rings. The fourth-order valence-corrected chi connectivity index (χ4v) is 4.31. The van der Waals surface area contributed by atoms with Crippen LogP contribution in [0.1, 0.15) is 56.7 Å². The monoisotopic (exact) mass is 437 g/mol. The largest absolute Gasteiger partial charge is 0.379 e. The van der Waals surface area contributed by atoms with E-state index in [0.717, 1.165) is 45.7 Å². The van der Waals surface area contributed by atoms with Crippen LogP contribution in [0.15, 0.2) is 30.5 Å². The standard InChI is InChI=1S/C24H31N5O3/c1-17-20(24(31)27(2)3)15-25-22(26-17)21-5-4-10-29(21)23(30)19-8-6-18(7-9-19)16-28-11-13-32-14-12-28/h6-9,15,21H,4-5,10-14,16H2,1-3H3/t21-/m0/s1. The van der Waals surface area contributed by atoms with Gasteiger partial charge < -0.3 is 14.5 Å². The topological polar surface area (TPSA) is 78.9 Å². The number of aromatic nitrogens is 2. The average molecular weight is 438 g/mol.